The number of carboxylic acid groups (broad SMARTS) is 3. The molecule has 0 aliphatic carbocycles. The Balaban J connectivity index is 1.80. The van der Waals surface area contributed by atoms with Crippen molar-refractivity contribution in [3.05, 3.63) is 70.8 Å². The summed E-state index contributed by atoms with van der Waals surface area (Å²) >= 11 is 2.99. The molecule has 4 bridgehead atoms. The van der Waals surface area contributed by atoms with Gasteiger partial charge in [-0.1, -0.05) is 62.4 Å². The first-order valence-corrected chi connectivity index (χ1v) is 46.2. The zero-order chi connectivity index (χ0) is 99.8. The maximum absolute atomic E-state index is 15.6. The Bertz CT molecular complexity index is 4600. The van der Waals surface area contributed by atoms with Gasteiger partial charge in [0.25, 0.3) is 0 Å². The van der Waals surface area contributed by atoms with Crippen molar-refractivity contribution in [3.63, 3.8) is 0 Å². The number of carbonyl (C=O) groups excluding carboxylic acids is 18. The first kappa shape index (κ1) is 111. The Morgan fingerprint density at radius 1 is 0.478 bits per heavy atom. The van der Waals surface area contributed by atoms with E-state index in [0.717, 1.165) is 54.0 Å². The van der Waals surface area contributed by atoms with Crippen molar-refractivity contribution in [2.24, 2.45) is 34.6 Å². The fourth-order valence-corrected chi connectivity index (χ4v) is 16.6. The normalized spacial score (nSPS) is 24.8. The molecule has 134 heavy (non-hydrogen) atoms. The number of carboxylic acids is 3. The Morgan fingerprint density at radius 2 is 0.903 bits per heavy atom. The van der Waals surface area contributed by atoms with E-state index in [4.69, 9.17) is 39.5 Å². The molecule has 3 aliphatic rings. The second-order valence-electron chi connectivity index (χ2n) is 32.3. The van der Waals surface area contributed by atoms with Crippen LogP contribution in [0.15, 0.2) is 48.5 Å². The number of aliphatic carboxylic acids is 3. The van der Waals surface area contributed by atoms with E-state index in [2.05, 4.69) is 90.4 Å². The van der Waals surface area contributed by atoms with Crippen LogP contribution in [0.3, 0.4) is 0 Å². The highest BCUT2D eigenvalue weighted by atomic mass is 32.2. The van der Waals surface area contributed by atoms with Crippen molar-refractivity contribution in [2.45, 2.75) is 232 Å². The van der Waals surface area contributed by atoms with Gasteiger partial charge in [-0.2, -0.15) is 35.3 Å². The van der Waals surface area contributed by atoms with Crippen molar-refractivity contribution in [1.29, 1.82) is 10.8 Å². The maximum atomic E-state index is 15.6. The van der Waals surface area contributed by atoms with E-state index in [1.165, 1.54) is 6.92 Å². The number of carbonyl (C=O) groups is 21. The van der Waals surface area contributed by atoms with Gasteiger partial charge in [0.15, 0.2) is 11.9 Å². The standard InChI is InChI=1S/C81H121N25O25S3/c1-38(2)22-49-71(123)104-55(67(119)91-30-60(84)109)35-132-32-43-23-44-25-45(24-43)34-134-37-57(79(131)106-21-11-16-58(106)78(130)93-41(5)66(118)98-52(28-62(112)113)74(126)96-48(17-18-61(110)111)68(120)92-40(4)65(117)97-49)105-73(125)51(27-59(83)108)100-70(122)47(15-10-20-90-81(87)88)94-72(124)50(26-42-12-7-6-8-13-42)99-69(121)46(14-9-19-89-80(85)86)95-75(127)53(29-63(114)115)101-76(128)54(31-107)102-77(129)56(36-133-33-44)103-64(116)39(3)82/h6-8,12-13,23-25,38-41,46-58,107H,9-11,14-22,26-37,82H2,1-5H3,(H2,83,108)(H2,84,109)(H,91,119)(H,92,120)(H,93,130)(H,94,124)(H,95,127)(H,96,126)(H,97,117)(H,98,118)(H,99,121)(H,100,122)(H,101,128)(H,102,129)(H,103,116)(H,104,123)(H,105,125)(H,110,111)(H,112,113)(H,114,115)(H4,85,86,89)(H4,87,88,90)/t39-,40-,41-,46-,47-,48-,49-,50-,51-,52-,53-,54-,55-,56-,57-,58-/m0/s1. The molecule has 2 aromatic rings. The van der Waals surface area contributed by atoms with E-state index in [1.807, 2.05) is 0 Å². The van der Waals surface area contributed by atoms with Crippen LogP contribution < -0.4 is 119 Å². The fraction of sp³-hybridized carbons (Fsp3) is 0.568. The number of hydrogen-bond acceptors (Lipinski definition) is 28. The number of benzene rings is 2. The van der Waals surface area contributed by atoms with Crippen LogP contribution >= 0.6 is 35.3 Å². The van der Waals surface area contributed by atoms with Gasteiger partial charge in [0, 0.05) is 67.0 Å². The van der Waals surface area contributed by atoms with Crippen molar-refractivity contribution in [3.8, 4) is 0 Å². The average Bonchev–Trinajstić information content (AvgIpc) is 1.64. The molecule has 50 nitrogen and oxygen atoms in total. The molecule has 16 atom stereocenters. The lowest BCUT2D eigenvalue weighted by atomic mass is 10.0. The molecule has 0 spiro atoms. The molecule has 1 saturated heterocycles. The van der Waals surface area contributed by atoms with Gasteiger partial charge in [0.1, 0.15) is 90.6 Å². The molecule has 0 unspecified atom stereocenters. The number of nitrogens with two attached hydrogens (primary N) is 5. The van der Waals surface area contributed by atoms with Crippen molar-refractivity contribution < 1.29 is 121 Å². The SMILES string of the molecule is CC(C)C[C@@H]1NC(=O)[C@H](C)NC(=O)[C@H](CCC(=O)O)NC(=O)[C@H](CC(=O)O)NC(=O)[C@H](C)NC(=O)[C@@H]2CCCN2C(=O)[C@@H]2CSCc3cc(cc(c3)CSC[C@@H](C(=O)NCC(N)=O)NC1=O)CSC[C@H](NC(=O)[C@H](C)N)C(=O)N[C@@H](CO)C(=O)N[C@@H](CC(=O)O)C(=O)N[C@@H](CCCNC(=N)N)C(=O)N[C@@H](Cc1ccccc1)C(=O)N[C@@H](CCCNC(=N)N)C(=O)N[C@@H](CC(N)=O)C(=O)N2. The van der Waals surface area contributed by atoms with Gasteiger partial charge in [-0.05, 0) is 100 Å². The number of amides is 18. The Morgan fingerprint density at radius 3 is 1.39 bits per heavy atom. The minimum atomic E-state index is -2.12. The minimum Gasteiger partial charge on any atom is -0.481 e. The van der Waals surface area contributed by atoms with Gasteiger partial charge in [-0.25, -0.2) is 0 Å². The number of aliphatic hydroxyl groups is 1. The quantitative estimate of drug-likeness (QED) is 0.0224. The zero-order valence-corrected chi connectivity index (χ0v) is 76.8. The average molecular weight is 1940 g/mol. The first-order valence-electron chi connectivity index (χ1n) is 42.7. The molecule has 0 aromatic heterocycles. The Hall–Kier alpha value is -13.2. The number of thioether (sulfide) groups is 3. The minimum absolute atomic E-state index is 0.0509. The van der Waals surface area contributed by atoms with Crippen LogP contribution in [0, 0.1) is 16.7 Å². The van der Waals surface area contributed by atoms with Crippen LogP contribution in [-0.4, -0.2) is 308 Å². The van der Waals surface area contributed by atoms with Crippen molar-refractivity contribution in [2.75, 3.05) is 50.0 Å². The van der Waals surface area contributed by atoms with Crippen molar-refractivity contribution in [1.82, 2.24) is 95.3 Å². The summed E-state index contributed by atoms with van der Waals surface area (Å²) in [6.45, 7) is 4.45. The zero-order valence-electron chi connectivity index (χ0n) is 74.3. The van der Waals surface area contributed by atoms with E-state index in [1.54, 1.807) is 62.4 Å². The lowest BCUT2D eigenvalue weighted by Crippen LogP contribution is -2.61. The van der Waals surface area contributed by atoms with Gasteiger partial charge in [0.05, 0.1) is 38.5 Å². The van der Waals surface area contributed by atoms with E-state index >= 15 is 19.2 Å². The Labute approximate surface area is 782 Å². The summed E-state index contributed by atoms with van der Waals surface area (Å²) in [5.74, 6) is -28.2. The number of primary amides is 2. The lowest BCUT2D eigenvalue weighted by Gasteiger charge is -2.30. The third-order valence-electron chi connectivity index (χ3n) is 20.5. The van der Waals surface area contributed by atoms with Crippen LogP contribution in [0.4, 0.5) is 0 Å². The summed E-state index contributed by atoms with van der Waals surface area (Å²) in [6, 6.07) is -15.1. The van der Waals surface area contributed by atoms with Gasteiger partial charge in [-0.3, -0.25) is 112 Å². The summed E-state index contributed by atoms with van der Waals surface area (Å²) in [4.78, 5) is 296. The molecule has 18 amide bonds. The summed E-state index contributed by atoms with van der Waals surface area (Å²) < 4.78 is 0. The van der Waals surface area contributed by atoms with Gasteiger partial charge in [0.2, 0.25) is 106 Å². The largest absolute Gasteiger partial charge is 0.481 e. The molecule has 33 N–H and O–H groups in total. The monoisotopic (exact) mass is 1940 g/mol. The molecule has 0 saturated carbocycles. The third-order valence-corrected chi connectivity index (χ3v) is 23.8. The van der Waals surface area contributed by atoms with E-state index in [-0.39, 0.29) is 99.3 Å². The molecular weight excluding hydrogens is 1820 g/mol. The molecule has 1 fully saturated rings. The summed E-state index contributed by atoms with van der Waals surface area (Å²) in [5.41, 5.74) is 30.0. The van der Waals surface area contributed by atoms with E-state index in [0.29, 0.717) is 22.3 Å². The summed E-state index contributed by atoms with van der Waals surface area (Å²) in [5, 5.41) is 97.3. The van der Waals surface area contributed by atoms with E-state index < -0.39 is 290 Å². The highest BCUT2D eigenvalue weighted by Crippen LogP contribution is 2.27. The molecule has 5 rings (SSSR count). The van der Waals surface area contributed by atoms with Gasteiger partial charge < -0.3 is 144 Å². The third kappa shape index (κ3) is 39.3. The molecular formula is C81H121N25O25S3. The molecule has 738 valence electrons. The number of nitrogens with one attached hydrogen (secondary N) is 19. The maximum Gasteiger partial charge on any atom is 0.305 e. The topological polar surface area (TPSA) is 825 Å². The number of guanidine groups is 2. The van der Waals surface area contributed by atoms with Crippen molar-refractivity contribution >= 4 is 171 Å². The van der Waals surface area contributed by atoms with Gasteiger partial charge in [-0.15, -0.1) is 0 Å². The van der Waals surface area contributed by atoms with Crippen LogP contribution in [-0.2, 0) is 124 Å². The second kappa shape index (κ2) is 56.0. The molecule has 0 radical (unpaired) electrons. The number of nitrogens with zero attached hydrogens (tertiary/aromatic N) is 1. The van der Waals surface area contributed by atoms with Crippen LogP contribution in [0.1, 0.15) is 134 Å². The summed E-state index contributed by atoms with van der Waals surface area (Å²) in [7, 11) is 0. The first-order chi connectivity index (χ1) is 63.2. The lowest BCUT2D eigenvalue weighted by molar-refractivity contribution is -0.143. The predicted molar refractivity (Wildman–Crippen MR) is 484 cm³/mol. The van der Waals surface area contributed by atoms with Crippen LogP contribution in [0.5, 0.6) is 0 Å². The number of rotatable bonds is 27. The fourth-order valence-electron chi connectivity index (χ4n) is 13.7. The summed E-state index contributed by atoms with van der Waals surface area (Å²) in [6.07, 6.45) is -6.50. The molecule has 3 aliphatic heterocycles. The predicted octanol–water partition coefficient (Wildman–Crippen LogP) is -9.32. The molecule has 53 heteroatoms. The van der Waals surface area contributed by atoms with Gasteiger partial charge >= 0.3 is 17.9 Å². The highest BCUT2D eigenvalue weighted by Gasteiger charge is 2.43. The number of fused-ring (bicyclic) bond motifs is 6. The second-order valence-corrected chi connectivity index (χ2v) is 35.4. The van der Waals surface area contributed by atoms with E-state index in [9.17, 15) is 102 Å². The highest BCUT2D eigenvalue weighted by molar-refractivity contribution is 7.99. The Kier molecular flexibility index (Phi) is 46.5. The number of aliphatic hydroxyl groups excluding tert-OH is 1. The molecule has 2 aromatic carbocycles. The smallest absolute Gasteiger partial charge is 0.305 e. The van der Waals surface area contributed by atoms with Crippen LogP contribution in [0.25, 0.3) is 0 Å². The molecule has 3 heterocycles. The number of hydrogen-bond donors (Lipinski definition) is 28. The van der Waals surface area contributed by atoms with Crippen LogP contribution in [0.2, 0.25) is 0 Å².